The van der Waals surface area contributed by atoms with E-state index < -0.39 is 6.10 Å². The number of aliphatic hydroxyl groups excluding tert-OH is 2. The van der Waals surface area contributed by atoms with Gasteiger partial charge in [0.2, 0.25) is 0 Å². The van der Waals surface area contributed by atoms with Gasteiger partial charge < -0.3 is 14.9 Å². The first-order valence-corrected chi connectivity index (χ1v) is 5.17. The summed E-state index contributed by atoms with van der Waals surface area (Å²) in [5.41, 5.74) is 0.931. The first kappa shape index (κ1) is 12.6. The molecule has 3 nitrogen and oxygen atoms in total. The Hall–Kier alpha value is -0.480. The predicted molar refractivity (Wildman–Crippen MR) is 59.8 cm³/mol. The van der Waals surface area contributed by atoms with Gasteiger partial charge in [0.05, 0.1) is 16.7 Å². The van der Waals surface area contributed by atoms with E-state index in [9.17, 15) is 0 Å². The van der Waals surface area contributed by atoms with Gasteiger partial charge in [0, 0.05) is 0 Å². The highest BCUT2D eigenvalue weighted by molar-refractivity contribution is 6.37. The fourth-order valence-electron chi connectivity index (χ4n) is 1.06. The van der Waals surface area contributed by atoms with Crippen molar-refractivity contribution in [3.8, 4) is 5.75 Å². The van der Waals surface area contributed by atoms with Gasteiger partial charge in [-0.2, -0.15) is 0 Å². The Morgan fingerprint density at radius 2 is 1.87 bits per heavy atom. The Balaban J connectivity index is 2.77. The van der Waals surface area contributed by atoms with Crippen molar-refractivity contribution >= 4 is 23.2 Å². The summed E-state index contributed by atoms with van der Waals surface area (Å²) in [7, 11) is 0. The summed E-state index contributed by atoms with van der Waals surface area (Å²) in [5, 5.41) is 18.5. The number of ether oxygens (including phenoxy) is 1. The quantitative estimate of drug-likeness (QED) is 0.860. The molecule has 5 heteroatoms. The molecule has 0 aliphatic carbocycles. The van der Waals surface area contributed by atoms with Gasteiger partial charge in [-0.1, -0.05) is 23.2 Å². The molecular formula is C10H12Cl2O3. The third kappa shape index (κ3) is 3.54. The fourth-order valence-corrected chi connectivity index (χ4v) is 1.76. The molecule has 0 saturated carbocycles. The number of hydrogen-bond donors (Lipinski definition) is 2. The first-order chi connectivity index (χ1) is 7.04. The Morgan fingerprint density at radius 1 is 1.33 bits per heavy atom. The lowest BCUT2D eigenvalue weighted by Crippen LogP contribution is -2.21. The molecule has 1 unspecified atom stereocenters. The van der Waals surface area contributed by atoms with E-state index in [-0.39, 0.29) is 13.2 Å². The molecule has 15 heavy (non-hydrogen) atoms. The van der Waals surface area contributed by atoms with Crippen molar-refractivity contribution in [2.45, 2.75) is 13.0 Å². The van der Waals surface area contributed by atoms with Gasteiger partial charge in [-0.05, 0) is 24.6 Å². The molecule has 0 aromatic heterocycles. The van der Waals surface area contributed by atoms with Crippen molar-refractivity contribution < 1.29 is 14.9 Å². The van der Waals surface area contributed by atoms with E-state index in [4.69, 9.17) is 38.2 Å². The normalized spacial score (nSPS) is 12.6. The van der Waals surface area contributed by atoms with Gasteiger partial charge >= 0.3 is 0 Å². The molecule has 0 aliphatic heterocycles. The van der Waals surface area contributed by atoms with Crippen LogP contribution in [-0.2, 0) is 0 Å². The van der Waals surface area contributed by atoms with E-state index in [1.165, 1.54) is 0 Å². The molecule has 0 radical (unpaired) electrons. The zero-order chi connectivity index (χ0) is 11.4. The maximum Gasteiger partial charge on any atom is 0.156 e. The third-order valence-corrected chi connectivity index (χ3v) is 2.33. The Bertz CT molecular complexity index is 318. The number of halogens is 2. The van der Waals surface area contributed by atoms with Gasteiger partial charge in [-0.15, -0.1) is 0 Å². The fraction of sp³-hybridized carbons (Fsp3) is 0.400. The number of benzene rings is 1. The zero-order valence-electron chi connectivity index (χ0n) is 8.20. The SMILES string of the molecule is Cc1cc(Cl)c(OCC(O)CO)c(Cl)c1. The van der Waals surface area contributed by atoms with Crippen LogP contribution in [0, 0.1) is 6.92 Å². The minimum atomic E-state index is -0.932. The highest BCUT2D eigenvalue weighted by atomic mass is 35.5. The third-order valence-electron chi connectivity index (χ3n) is 1.77. The molecule has 1 aromatic rings. The van der Waals surface area contributed by atoms with Crippen molar-refractivity contribution in [2.75, 3.05) is 13.2 Å². The summed E-state index contributed by atoms with van der Waals surface area (Å²) in [6.07, 6.45) is -0.932. The van der Waals surface area contributed by atoms with E-state index in [0.29, 0.717) is 15.8 Å². The average molecular weight is 251 g/mol. The molecular weight excluding hydrogens is 239 g/mol. The van der Waals surface area contributed by atoms with Gasteiger partial charge in [-0.3, -0.25) is 0 Å². The molecule has 1 atom stereocenters. The minimum Gasteiger partial charge on any atom is -0.488 e. The Kier molecular flexibility index (Phi) is 4.67. The van der Waals surface area contributed by atoms with Crippen LogP contribution in [0.2, 0.25) is 10.0 Å². The molecule has 1 aromatic carbocycles. The summed E-state index contributed by atoms with van der Waals surface area (Å²) in [6.45, 7) is 1.46. The van der Waals surface area contributed by atoms with Crippen molar-refractivity contribution in [1.29, 1.82) is 0 Å². The van der Waals surface area contributed by atoms with Crippen molar-refractivity contribution in [3.63, 3.8) is 0 Å². The van der Waals surface area contributed by atoms with Crippen LogP contribution in [0.15, 0.2) is 12.1 Å². The van der Waals surface area contributed by atoms with Crippen LogP contribution < -0.4 is 4.74 Å². The monoisotopic (exact) mass is 250 g/mol. The van der Waals surface area contributed by atoms with E-state index in [0.717, 1.165) is 5.56 Å². The van der Waals surface area contributed by atoms with Crippen LogP contribution in [0.5, 0.6) is 5.75 Å². The lowest BCUT2D eigenvalue weighted by Gasteiger charge is -2.12. The minimum absolute atomic E-state index is 0.0427. The van der Waals surface area contributed by atoms with Crippen molar-refractivity contribution in [1.82, 2.24) is 0 Å². The summed E-state index contributed by atoms with van der Waals surface area (Å²) >= 11 is 11.8. The van der Waals surface area contributed by atoms with Crippen molar-refractivity contribution in [3.05, 3.63) is 27.7 Å². The molecule has 0 bridgehead atoms. The number of rotatable bonds is 4. The molecule has 0 fully saturated rings. The second kappa shape index (κ2) is 5.56. The lowest BCUT2D eigenvalue weighted by atomic mass is 10.2. The number of aliphatic hydroxyl groups is 2. The van der Waals surface area contributed by atoms with Gasteiger partial charge in [0.25, 0.3) is 0 Å². The second-order valence-electron chi connectivity index (χ2n) is 3.21. The highest BCUT2D eigenvalue weighted by Crippen LogP contribution is 2.33. The molecule has 2 N–H and O–H groups in total. The second-order valence-corrected chi connectivity index (χ2v) is 4.02. The smallest absolute Gasteiger partial charge is 0.156 e. The topological polar surface area (TPSA) is 49.7 Å². The molecule has 0 saturated heterocycles. The number of aryl methyl sites for hydroxylation is 1. The molecule has 0 amide bonds. The van der Waals surface area contributed by atoms with E-state index >= 15 is 0 Å². The maximum absolute atomic E-state index is 9.09. The van der Waals surface area contributed by atoms with E-state index in [1.807, 2.05) is 6.92 Å². The maximum atomic E-state index is 9.09. The molecule has 0 heterocycles. The zero-order valence-corrected chi connectivity index (χ0v) is 9.72. The van der Waals surface area contributed by atoms with Gasteiger partial charge in [-0.25, -0.2) is 0 Å². The van der Waals surface area contributed by atoms with E-state index in [1.54, 1.807) is 12.1 Å². The van der Waals surface area contributed by atoms with Crippen LogP contribution >= 0.6 is 23.2 Å². The predicted octanol–water partition coefficient (Wildman–Crippen LogP) is 2.03. The highest BCUT2D eigenvalue weighted by Gasteiger charge is 2.10. The van der Waals surface area contributed by atoms with Crippen LogP contribution in [0.1, 0.15) is 5.56 Å². The number of hydrogen-bond acceptors (Lipinski definition) is 3. The lowest BCUT2D eigenvalue weighted by molar-refractivity contribution is 0.0537. The van der Waals surface area contributed by atoms with Crippen molar-refractivity contribution in [2.24, 2.45) is 0 Å². The molecule has 84 valence electrons. The van der Waals surface area contributed by atoms with Crippen LogP contribution in [0.4, 0.5) is 0 Å². The standard InChI is InChI=1S/C10H12Cl2O3/c1-6-2-8(11)10(9(12)3-6)15-5-7(14)4-13/h2-3,7,13-14H,4-5H2,1H3. The van der Waals surface area contributed by atoms with Crippen LogP contribution in [-0.4, -0.2) is 29.5 Å². The van der Waals surface area contributed by atoms with Crippen LogP contribution in [0.25, 0.3) is 0 Å². The van der Waals surface area contributed by atoms with Gasteiger partial charge in [0.15, 0.2) is 5.75 Å². The molecule has 0 spiro atoms. The molecule has 1 rings (SSSR count). The Morgan fingerprint density at radius 3 is 2.33 bits per heavy atom. The first-order valence-electron chi connectivity index (χ1n) is 4.42. The molecule has 0 aliphatic rings. The summed E-state index contributed by atoms with van der Waals surface area (Å²) in [5.74, 6) is 0.330. The summed E-state index contributed by atoms with van der Waals surface area (Å²) in [6, 6.07) is 3.43. The van der Waals surface area contributed by atoms with E-state index in [2.05, 4.69) is 0 Å². The van der Waals surface area contributed by atoms with Gasteiger partial charge in [0.1, 0.15) is 12.7 Å². The largest absolute Gasteiger partial charge is 0.488 e. The Labute approximate surface area is 98.2 Å². The summed E-state index contributed by atoms with van der Waals surface area (Å²) < 4.78 is 5.20. The average Bonchev–Trinajstić information content (AvgIpc) is 2.15. The van der Waals surface area contributed by atoms with Crippen LogP contribution in [0.3, 0.4) is 0 Å². The summed E-state index contributed by atoms with van der Waals surface area (Å²) in [4.78, 5) is 0.